The molecule has 122 valence electrons. The van der Waals surface area contributed by atoms with E-state index >= 15 is 0 Å². The summed E-state index contributed by atoms with van der Waals surface area (Å²) >= 11 is 0. The summed E-state index contributed by atoms with van der Waals surface area (Å²) in [7, 11) is 5.50. The fourth-order valence-corrected chi connectivity index (χ4v) is 4.30. The van der Waals surface area contributed by atoms with Crippen LogP contribution in [0, 0.1) is 11.8 Å². The van der Waals surface area contributed by atoms with Crippen LogP contribution in [-0.2, 0) is 6.42 Å². The Morgan fingerprint density at radius 3 is 2.36 bits per heavy atom. The van der Waals surface area contributed by atoms with Crippen LogP contribution in [0.3, 0.4) is 0 Å². The molecule has 1 saturated heterocycles. The number of hydrogen-bond donors (Lipinski definition) is 1. The Morgan fingerprint density at radius 1 is 1.09 bits per heavy atom. The van der Waals surface area contributed by atoms with Gasteiger partial charge in [-0.1, -0.05) is 6.07 Å². The summed E-state index contributed by atoms with van der Waals surface area (Å²) in [6.07, 6.45) is 3.86. The summed E-state index contributed by atoms with van der Waals surface area (Å²) in [5.74, 6) is 3.32. The first-order valence-corrected chi connectivity index (χ1v) is 8.35. The van der Waals surface area contributed by atoms with E-state index in [1.807, 2.05) is 6.07 Å². The number of benzene rings is 1. The van der Waals surface area contributed by atoms with Gasteiger partial charge in [-0.3, -0.25) is 0 Å². The number of ether oxygens (including phenoxy) is 2. The summed E-state index contributed by atoms with van der Waals surface area (Å²) in [5, 5.41) is 3.53. The topological polar surface area (TPSA) is 33.7 Å². The van der Waals surface area contributed by atoms with Gasteiger partial charge in [-0.15, -0.1) is 0 Å². The van der Waals surface area contributed by atoms with Crippen molar-refractivity contribution in [2.75, 3.05) is 40.9 Å². The van der Waals surface area contributed by atoms with Crippen molar-refractivity contribution in [2.45, 2.75) is 25.3 Å². The molecule has 2 fully saturated rings. The van der Waals surface area contributed by atoms with Gasteiger partial charge >= 0.3 is 0 Å². The Bertz CT molecular complexity index is 492. The Morgan fingerprint density at radius 2 is 1.77 bits per heavy atom. The van der Waals surface area contributed by atoms with Crippen LogP contribution in [0.2, 0.25) is 0 Å². The number of piperidine rings is 1. The van der Waals surface area contributed by atoms with Crippen LogP contribution in [0.4, 0.5) is 0 Å². The van der Waals surface area contributed by atoms with Crippen LogP contribution < -0.4 is 14.8 Å². The quantitative estimate of drug-likeness (QED) is 0.873. The monoisotopic (exact) mass is 304 g/mol. The van der Waals surface area contributed by atoms with E-state index in [9.17, 15) is 0 Å². The summed E-state index contributed by atoms with van der Waals surface area (Å²) in [4.78, 5) is 2.65. The number of hydrogen-bond acceptors (Lipinski definition) is 4. The fraction of sp³-hybridized carbons (Fsp3) is 0.667. The largest absolute Gasteiger partial charge is 0.493 e. The first-order chi connectivity index (χ1) is 10.7. The Labute approximate surface area is 133 Å². The molecule has 0 amide bonds. The van der Waals surface area contributed by atoms with Crippen LogP contribution in [0.15, 0.2) is 18.2 Å². The highest BCUT2D eigenvalue weighted by Gasteiger charge is 2.40. The van der Waals surface area contributed by atoms with Crippen LogP contribution >= 0.6 is 0 Å². The van der Waals surface area contributed by atoms with Gasteiger partial charge < -0.3 is 19.7 Å². The third kappa shape index (κ3) is 3.08. The van der Waals surface area contributed by atoms with Gasteiger partial charge in [-0.05, 0) is 55.8 Å². The molecule has 4 heteroatoms. The van der Waals surface area contributed by atoms with Crippen LogP contribution in [0.5, 0.6) is 11.5 Å². The molecule has 1 saturated carbocycles. The number of nitrogens with zero attached hydrogens (tertiary/aromatic N) is 1. The average molecular weight is 304 g/mol. The molecule has 2 bridgehead atoms. The minimum atomic E-state index is 0.748. The molecular formula is C18H28N2O2. The van der Waals surface area contributed by atoms with Crippen molar-refractivity contribution >= 4 is 0 Å². The van der Waals surface area contributed by atoms with E-state index in [-0.39, 0.29) is 0 Å². The van der Waals surface area contributed by atoms with Crippen molar-refractivity contribution in [3.8, 4) is 11.5 Å². The van der Waals surface area contributed by atoms with Gasteiger partial charge in [0.15, 0.2) is 11.5 Å². The number of rotatable bonds is 6. The first kappa shape index (κ1) is 15.6. The van der Waals surface area contributed by atoms with E-state index in [0.29, 0.717) is 0 Å². The van der Waals surface area contributed by atoms with Crippen molar-refractivity contribution < 1.29 is 9.47 Å². The van der Waals surface area contributed by atoms with E-state index < -0.39 is 0 Å². The predicted molar refractivity (Wildman–Crippen MR) is 88.8 cm³/mol. The number of nitrogens with one attached hydrogen (secondary N) is 1. The molecule has 2 atom stereocenters. The molecule has 22 heavy (non-hydrogen) atoms. The van der Waals surface area contributed by atoms with Crippen LogP contribution in [-0.4, -0.2) is 51.8 Å². The van der Waals surface area contributed by atoms with E-state index in [0.717, 1.165) is 42.3 Å². The lowest BCUT2D eigenvalue weighted by molar-refractivity contribution is 0.135. The molecule has 1 heterocycles. The highest BCUT2D eigenvalue weighted by molar-refractivity contribution is 5.42. The predicted octanol–water partition coefficient (Wildman–Crippen LogP) is 2.18. The van der Waals surface area contributed by atoms with E-state index in [1.54, 1.807) is 14.2 Å². The number of fused-ring (bicyclic) bond motifs is 2. The zero-order valence-electron chi connectivity index (χ0n) is 14.0. The minimum Gasteiger partial charge on any atom is -0.493 e. The molecule has 1 aliphatic carbocycles. The molecule has 2 aliphatic rings. The highest BCUT2D eigenvalue weighted by Crippen LogP contribution is 2.36. The summed E-state index contributed by atoms with van der Waals surface area (Å²) in [6.45, 7) is 3.63. The lowest BCUT2D eigenvalue weighted by Crippen LogP contribution is -2.50. The molecule has 4 nitrogen and oxygen atoms in total. The lowest BCUT2D eigenvalue weighted by atomic mass is 9.92. The van der Waals surface area contributed by atoms with Crippen LogP contribution in [0.1, 0.15) is 18.4 Å². The number of methoxy groups -OCH3 is 2. The molecule has 1 N–H and O–H groups in total. The van der Waals surface area contributed by atoms with Gasteiger partial charge in [0.05, 0.1) is 14.2 Å². The Kier molecular flexibility index (Phi) is 4.89. The summed E-state index contributed by atoms with van der Waals surface area (Å²) in [6, 6.07) is 7.01. The fourth-order valence-electron chi connectivity index (χ4n) is 4.30. The normalized spacial score (nSPS) is 27.9. The standard InChI is InChI=1S/C18H28N2O2/c1-19-18-14-5-6-15(18)12-20(11-14)9-8-13-4-7-16(21-2)17(10-13)22-3/h4,7,10,14-15,18-19H,5-6,8-9,11-12H2,1-3H3. The SMILES string of the molecule is CNC1C2CCC1CN(CCc1ccc(OC)c(OC)c1)C2. The molecule has 0 spiro atoms. The van der Waals surface area contributed by atoms with Gasteiger partial charge in [-0.25, -0.2) is 0 Å². The average Bonchev–Trinajstić information content (AvgIpc) is 2.81. The summed E-state index contributed by atoms with van der Waals surface area (Å²) < 4.78 is 10.7. The van der Waals surface area contributed by atoms with E-state index in [1.165, 1.54) is 31.5 Å². The van der Waals surface area contributed by atoms with Gasteiger partial charge in [-0.2, -0.15) is 0 Å². The molecule has 2 unspecified atom stereocenters. The third-order valence-corrected chi connectivity index (χ3v) is 5.41. The maximum Gasteiger partial charge on any atom is 0.160 e. The van der Waals surface area contributed by atoms with Crippen molar-refractivity contribution in [2.24, 2.45) is 11.8 Å². The zero-order valence-corrected chi connectivity index (χ0v) is 14.0. The second-order valence-electron chi connectivity index (χ2n) is 6.61. The molecule has 0 aromatic heterocycles. The van der Waals surface area contributed by atoms with E-state index in [4.69, 9.17) is 9.47 Å². The molecule has 1 aromatic rings. The van der Waals surface area contributed by atoms with Crippen molar-refractivity contribution in [1.29, 1.82) is 0 Å². The molecular weight excluding hydrogens is 276 g/mol. The maximum atomic E-state index is 5.39. The van der Waals surface area contributed by atoms with Gasteiger partial charge in [0, 0.05) is 25.7 Å². The molecule has 1 aromatic carbocycles. The lowest BCUT2D eigenvalue weighted by Gasteiger charge is -2.38. The summed E-state index contributed by atoms with van der Waals surface area (Å²) in [5.41, 5.74) is 1.32. The Hall–Kier alpha value is -1.26. The zero-order chi connectivity index (χ0) is 15.5. The second kappa shape index (κ2) is 6.88. The Balaban J connectivity index is 1.57. The van der Waals surface area contributed by atoms with Gasteiger partial charge in [0.25, 0.3) is 0 Å². The smallest absolute Gasteiger partial charge is 0.160 e. The molecule has 1 aliphatic heterocycles. The van der Waals surface area contributed by atoms with Gasteiger partial charge in [0.2, 0.25) is 0 Å². The highest BCUT2D eigenvalue weighted by atomic mass is 16.5. The van der Waals surface area contributed by atoms with Crippen molar-refractivity contribution in [1.82, 2.24) is 10.2 Å². The van der Waals surface area contributed by atoms with Crippen molar-refractivity contribution in [3.63, 3.8) is 0 Å². The first-order valence-electron chi connectivity index (χ1n) is 8.35. The van der Waals surface area contributed by atoms with Crippen LogP contribution in [0.25, 0.3) is 0 Å². The number of likely N-dealkylation sites (tertiary alicyclic amines) is 1. The second-order valence-corrected chi connectivity index (χ2v) is 6.61. The van der Waals surface area contributed by atoms with Gasteiger partial charge in [0.1, 0.15) is 0 Å². The molecule has 3 rings (SSSR count). The van der Waals surface area contributed by atoms with Crippen molar-refractivity contribution in [3.05, 3.63) is 23.8 Å². The minimum absolute atomic E-state index is 0.748. The maximum absolute atomic E-state index is 5.39. The molecule has 0 radical (unpaired) electrons. The third-order valence-electron chi connectivity index (χ3n) is 5.41. The van der Waals surface area contributed by atoms with E-state index in [2.05, 4.69) is 29.4 Å².